The number of rotatable bonds is 6. The maximum absolute atomic E-state index is 13.1. The summed E-state index contributed by atoms with van der Waals surface area (Å²) in [6, 6.07) is 11.8. The van der Waals surface area contributed by atoms with Crippen molar-refractivity contribution >= 4 is 16.9 Å². The maximum atomic E-state index is 13.1. The molecule has 1 unspecified atom stereocenters. The van der Waals surface area contributed by atoms with E-state index >= 15 is 0 Å². The highest BCUT2D eigenvalue weighted by atomic mass is 16.5. The lowest BCUT2D eigenvalue weighted by Crippen LogP contribution is -2.22. The van der Waals surface area contributed by atoms with E-state index in [2.05, 4.69) is 19.2 Å². The molecule has 150 valence electrons. The van der Waals surface area contributed by atoms with Crippen molar-refractivity contribution in [2.24, 2.45) is 5.92 Å². The number of hydrogen-bond acceptors (Lipinski definition) is 5. The van der Waals surface area contributed by atoms with Crippen molar-refractivity contribution in [3.05, 3.63) is 69.6 Å². The first-order chi connectivity index (χ1) is 14.0. The highest BCUT2D eigenvalue weighted by Crippen LogP contribution is 2.36. The molecule has 6 heteroatoms. The number of benzene rings is 2. The Morgan fingerprint density at radius 1 is 1.10 bits per heavy atom. The van der Waals surface area contributed by atoms with E-state index in [1.807, 2.05) is 6.07 Å². The van der Waals surface area contributed by atoms with Gasteiger partial charge in [0.05, 0.1) is 30.7 Å². The number of para-hydroxylation sites is 1. The summed E-state index contributed by atoms with van der Waals surface area (Å²) in [5.74, 6) is 1.39. The molecule has 1 aliphatic rings. The lowest BCUT2D eigenvalue weighted by Gasteiger charge is -2.16. The van der Waals surface area contributed by atoms with Gasteiger partial charge in [-0.25, -0.2) is 0 Å². The molecule has 1 amide bonds. The van der Waals surface area contributed by atoms with Gasteiger partial charge in [-0.1, -0.05) is 32.0 Å². The van der Waals surface area contributed by atoms with Gasteiger partial charge in [0.15, 0.2) is 16.9 Å². The van der Waals surface area contributed by atoms with Crippen molar-refractivity contribution in [2.75, 3.05) is 13.7 Å². The summed E-state index contributed by atoms with van der Waals surface area (Å²) in [6.07, 6.45) is 0.936. The first-order valence-electron chi connectivity index (χ1n) is 9.67. The molecule has 0 spiro atoms. The van der Waals surface area contributed by atoms with Crippen molar-refractivity contribution in [3.8, 4) is 11.5 Å². The van der Waals surface area contributed by atoms with E-state index in [4.69, 9.17) is 13.9 Å². The number of methoxy groups -OCH3 is 1. The Hall–Kier alpha value is -3.28. The molecular weight excluding hydrogens is 370 g/mol. The minimum atomic E-state index is -0.600. The van der Waals surface area contributed by atoms with Crippen LogP contribution >= 0.6 is 0 Å². The lowest BCUT2D eigenvalue weighted by atomic mass is 9.99. The van der Waals surface area contributed by atoms with Crippen LogP contribution in [-0.2, 0) is 0 Å². The van der Waals surface area contributed by atoms with Crippen LogP contribution in [0.5, 0.6) is 11.5 Å². The first kappa shape index (κ1) is 19.1. The fraction of sp³-hybridized carbons (Fsp3) is 0.304. The van der Waals surface area contributed by atoms with Crippen LogP contribution in [0.2, 0.25) is 0 Å². The summed E-state index contributed by atoms with van der Waals surface area (Å²) in [5.41, 5.74) is 1.25. The molecule has 2 heterocycles. The molecule has 0 radical (unpaired) electrons. The van der Waals surface area contributed by atoms with Crippen LogP contribution in [0.1, 0.15) is 48.0 Å². The summed E-state index contributed by atoms with van der Waals surface area (Å²) in [7, 11) is 1.57. The lowest BCUT2D eigenvalue weighted by molar-refractivity contribution is 0.0938. The predicted molar refractivity (Wildman–Crippen MR) is 110 cm³/mol. The molecule has 6 nitrogen and oxygen atoms in total. The molecule has 0 bridgehead atoms. The molecule has 1 aliphatic heterocycles. The smallest absolute Gasteiger partial charge is 0.288 e. The van der Waals surface area contributed by atoms with Gasteiger partial charge in [0.25, 0.3) is 5.91 Å². The Labute approximate surface area is 168 Å². The van der Waals surface area contributed by atoms with Crippen LogP contribution in [0.4, 0.5) is 0 Å². The Morgan fingerprint density at radius 3 is 2.66 bits per heavy atom. The van der Waals surface area contributed by atoms with Gasteiger partial charge in [0.1, 0.15) is 5.58 Å². The summed E-state index contributed by atoms with van der Waals surface area (Å²) in [6.45, 7) is 4.87. The molecule has 1 aromatic heterocycles. The quantitative estimate of drug-likeness (QED) is 0.683. The van der Waals surface area contributed by atoms with Crippen LogP contribution in [-0.4, -0.2) is 19.6 Å². The van der Waals surface area contributed by atoms with E-state index in [0.29, 0.717) is 40.6 Å². The van der Waals surface area contributed by atoms with Crippen molar-refractivity contribution in [3.63, 3.8) is 0 Å². The summed E-state index contributed by atoms with van der Waals surface area (Å²) in [4.78, 5) is 25.5. The molecule has 0 fully saturated rings. The first-order valence-corrected chi connectivity index (χ1v) is 9.67. The van der Waals surface area contributed by atoms with Gasteiger partial charge in [-0.2, -0.15) is 0 Å². The van der Waals surface area contributed by atoms with Crippen molar-refractivity contribution in [2.45, 2.75) is 26.3 Å². The fourth-order valence-electron chi connectivity index (χ4n) is 3.49. The standard InChI is InChI=1S/C23H23NO5/c1-13(2)10-11-28-17-9-8-14(12-18(17)27-3)20-19-21(25)15-6-4-5-7-16(15)29-22(19)23(26)24-20/h4-9,12-13,20H,10-11H2,1-3H3,(H,24,26). The largest absolute Gasteiger partial charge is 0.493 e. The van der Waals surface area contributed by atoms with E-state index in [1.165, 1.54) is 0 Å². The fourth-order valence-corrected chi connectivity index (χ4v) is 3.49. The summed E-state index contributed by atoms with van der Waals surface area (Å²) < 4.78 is 17.1. The second-order valence-corrected chi connectivity index (χ2v) is 7.52. The third-order valence-electron chi connectivity index (χ3n) is 5.08. The van der Waals surface area contributed by atoms with E-state index < -0.39 is 11.9 Å². The number of fused-ring (bicyclic) bond motifs is 2. The minimum absolute atomic E-state index is 0.0647. The van der Waals surface area contributed by atoms with E-state index in [9.17, 15) is 9.59 Å². The number of carbonyl (C=O) groups excluding carboxylic acids is 1. The Morgan fingerprint density at radius 2 is 1.90 bits per heavy atom. The van der Waals surface area contributed by atoms with Crippen LogP contribution < -0.4 is 20.2 Å². The molecule has 0 saturated carbocycles. The zero-order valence-electron chi connectivity index (χ0n) is 16.7. The van der Waals surface area contributed by atoms with E-state index in [0.717, 1.165) is 12.0 Å². The highest BCUT2D eigenvalue weighted by Gasteiger charge is 2.36. The Bertz CT molecular complexity index is 1130. The SMILES string of the molecule is COc1cc(C2NC(=O)c3oc4ccccc4c(=O)c32)ccc1OCCC(C)C. The van der Waals surface area contributed by atoms with Crippen LogP contribution in [0.15, 0.2) is 51.7 Å². The third kappa shape index (κ3) is 3.46. The Kier molecular flexibility index (Phi) is 5.01. The number of ether oxygens (including phenoxy) is 2. The number of amides is 1. The average Bonchev–Trinajstić information content (AvgIpc) is 3.05. The molecule has 3 aromatic rings. The van der Waals surface area contributed by atoms with Crippen LogP contribution in [0.25, 0.3) is 11.0 Å². The zero-order chi connectivity index (χ0) is 20.5. The van der Waals surface area contributed by atoms with E-state index in [1.54, 1.807) is 43.5 Å². The highest BCUT2D eigenvalue weighted by molar-refractivity contribution is 5.98. The zero-order valence-corrected chi connectivity index (χ0v) is 16.7. The normalized spacial score (nSPS) is 15.4. The molecule has 2 aromatic carbocycles. The summed E-state index contributed by atoms with van der Waals surface area (Å²) in [5, 5.41) is 3.30. The van der Waals surface area contributed by atoms with E-state index in [-0.39, 0.29) is 11.2 Å². The monoisotopic (exact) mass is 393 g/mol. The van der Waals surface area contributed by atoms with Gasteiger partial charge in [-0.15, -0.1) is 0 Å². The molecular formula is C23H23NO5. The molecule has 4 rings (SSSR count). The molecule has 0 saturated heterocycles. The molecule has 29 heavy (non-hydrogen) atoms. The van der Waals surface area contributed by atoms with Gasteiger partial charge in [0.2, 0.25) is 5.76 Å². The number of hydrogen-bond donors (Lipinski definition) is 1. The van der Waals surface area contributed by atoms with Gasteiger partial charge >= 0.3 is 0 Å². The predicted octanol–water partition coefficient (Wildman–Crippen LogP) is 4.06. The molecule has 0 aliphatic carbocycles. The molecule has 1 N–H and O–H groups in total. The van der Waals surface area contributed by atoms with Gasteiger partial charge in [-0.05, 0) is 42.2 Å². The van der Waals surface area contributed by atoms with Crippen molar-refractivity contribution in [1.82, 2.24) is 5.32 Å². The number of nitrogens with one attached hydrogen (secondary N) is 1. The second kappa shape index (κ2) is 7.62. The van der Waals surface area contributed by atoms with Crippen molar-refractivity contribution < 1.29 is 18.7 Å². The van der Waals surface area contributed by atoms with Gasteiger partial charge < -0.3 is 19.2 Å². The van der Waals surface area contributed by atoms with Crippen LogP contribution in [0, 0.1) is 5.92 Å². The Balaban J connectivity index is 1.73. The topological polar surface area (TPSA) is 77.8 Å². The number of carbonyl (C=O) groups is 1. The van der Waals surface area contributed by atoms with Crippen molar-refractivity contribution in [1.29, 1.82) is 0 Å². The minimum Gasteiger partial charge on any atom is -0.493 e. The second-order valence-electron chi connectivity index (χ2n) is 7.52. The maximum Gasteiger partial charge on any atom is 0.288 e. The van der Waals surface area contributed by atoms with Gasteiger partial charge in [-0.3, -0.25) is 9.59 Å². The third-order valence-corrected chi connectivity index (χ3v) is 5.08. The molecule has 1 atom stereocenters. The van der Waals surface area contributed by atoms with Gasteiger partial charge in [0, 0.05) is 0 Å². The summed E-state index contributed by atoms with van der Waals surface area (Å²) >= 11 is 0. The van der Waals surface area contributed by atoms with Crippen LogP contribution in [0.3, 0.4) is 0 Å². The average molecular weight is 393 g/mol.